The number of carbonyl (C=O) groups is 1. The van der Waals surface area contributed by atoms with E-state index in [1.165, 1.54) is 7.11 Å². The minimum atomic E-state index is -0.239. The van der Waals surface area contributed by atoms with Gasteiger partial charge in [-0.05, 0) is 6.07 Å². The molecule has 0 fully saturated rings. The molecule has 0 bridgehead atoms. The number of hydrogen-bond donors (Lipinski definition) is 1. The molecule has 1 aromatic carbocycles. The summed E-state index contributed by atoms with van der Waals surface area (Å²) in [5, 5.41) is 2.09. The van der Waals surface area contributed by atoms with E-state index in [0.717, 1.165) is 33.2 Å². The minimum Gasteiger partial charge on any atom is -0.494 e. The molecule has 0 amide bonds. The molecule has 3 aromatic rings. The monoisotopic (exact) mass is 284 g/mol. The zero-order valence-corrected chi connectivity index (χ0v) is 12.0. The van der Waals surface area contributed by atoms with Crippen molar-refractivity contribution in [3.8, 4) is 5.75 Å². The molecule has 0 aliphatic carbocycles. The Bertz CT molecular complexity index is 808. The van der Waals surface area contributed by atoms with Gasteiger partial charge in [0, 0.05) is 17.3 Å². The summed E-state index contributed by atoms with van der Waals surface area (Å²) in [4.78, 5) is 19.1. The molecule has 0 radical (unpaired) electrons. The Balaban J connectivity index is 2.16. The highest BCUT2D eigenvalue weighted by Gasteiger charge is 2.15. The molecule has 0 atom stereocenters. The van der Waals surface area contributed by atoms with Crippen molar-refractivity contribution in [2.75, 3.05) is 14.2 Å². The summed E-state index contributed by atoms with van der Waals surface area (Å²) in [5.41, 5.74) is 2.78. The highest BCUT2D eigenvalue weighted by Crippen LogP contribution is 2.34. The van der Waals surface area contributed by atoms with Crippen molar-refractivity contribution in [3.63, 3.8) is 0 Å². The number of esters is 1. The van der Waals surface area contributed by atoms with E-state index in [4.69, 9.17) is 4.74 Å². The van der Waals surface area contributed by atoms with Gasteiger partial charge in [0.15, 0.2) is 0 Å². The van der Waals surface area contributed by atoms with Crippen LogP contribution in [0.4, 0.5) is 0 Å². The summed E-state index contributed by atoms with van der Waals surface area (Å²) in [6, 6.07) is 8.02. The largest absolute Gasteiger partial charge is 0.494 e. The Morgan fingerprint density at radius 2 is 2.10 bits per heavy atom. The Labute approximate surface area is 121 Å². The van der Waals surface area contributed by atoms with Crippen LogP contribution in [0.1, 0.15) is 12.1 Å². The van der Waals surface area contributed by atoms with Crippen molar-refractivity contribution < 1.29 is 14.3 Å². The zero-order chi connectivity index (χ0) is 14.8. The lowest BCUT2D eigenvalue weighted by Gasteiger charge is -2.06. The fraction of sp³-hybridized carbons (Fsp3) is 0.250. The number of ether oxygens (including phenoxy) is 2. The summed E-state index contributed by atoms with van der Waals surface area (Å²) >= 11 is 0. The molecule has 2 heterocycles. The number of aromatic amines is 1. The van der Waals surface area contributed by atoms with Crippen molar-refractivity contribution >= 4 is 27.8 Å². The first-order valence-corrected chi connectivity index (χ1v) is 6.73. The topological polar surface area (TPSA) is 64.2 Å². The number of nitrogens with zero attached hydrogens (tertiary/aromatic N) is 1. The summed E-state index contributed by atoms with van der Waals surface area (Å²) in [5.74, 6) is 0.487. The van der Waals surface area contributed by atoms with Crippen LogP contribution >= 0.6 is 0 Å². The van der Waals surface area contributed by atoms with Crippen molar-refractivity contribution in [1.29, 1.82) is 0 Å². The van der Waals surface area contributed by atoms with Crippen molar-refractivity contribution in [2.45, 2.75) is 12.8 Å². The van der Waals surface area contributed by atoms with Crippen LogP contribution in [0.3, 0.4) is 0 Å². The number of hydrogen-bond acceptors (Lipinski definition) is 4. The number of aryl methyl sites for hydroxylation is 1. The van der Waals surface area contributed by atoms with E-state index in [0.29, 0.717) is 12.8 Å². The zero-order valence-electron chi connectivity index (χ0n) is 12.0. The molecule has 0 saturated carbocycles. The second-order valence-electron chi connectivity index (χ2n) is 4.77. The SMILES string of the molecule is COC(=O)CCc1ncc(OC)c2c1[nH]c1ccccc12. The number of para-hydroxylation sites is 1. The average molecular weight is 284 g/mol. The number of pyridine rings is 1. The third-order valence-electron chi connectivity index (χ3n) is 3.59. The maximum atomic E-state index is 11.3. The van der Waals surface area contributed by atoms with E-state index in [2.05, 4.69) is 14.7 Å². The van der Waals surface area contributed by atoms with E-state index in [9.17, 15) is 4.79 Å². The summed E-state index contributed by atoms with van der Waals surface area (Å²) in [6.45, 7) is 0. The van der Waals surface area contributed by atoms with Gasteiger partial charge in [-0.1, -0.05) is 18.2 Å². The molecule has 0 unspecified atom stereocenters. The van der Waals surface area contributed by atoms with Gasteiger partial charge in [0.2, 0.25) is 0 Å². The van der Waals surface area contributed by atoms with E-state index < -0.39 is 0 Å². The molecule has 108 valence electrons. The van der Waals surface area contributed by atoms with Crippen LogP contribution in [0, 0.1) is 0 Å². The predicted molar refractivity (Wildman–Crippen MR) is 80.5 cm³/mol. The summed E-state index contributed by atoms with van der Waals surface area (Å²) in [6.07, 6.45) is 2.54. The first-order chi connectivity index (χ1) is 10.2. The Morgan fingerprint density at radius 3 is 2.86 bits per heavy atom. The van der Waals surface area contributed by atoms with E-state index in [-0.39, 0.29) is 5.97 Å². The minimum absolute atomic E-state index is 0.239. The maximum Gasteiger partial charge on any atom is 0.305 e. The van der Waals surface area contributed by atoms with E-state index in [1.807, 2.05) is 24.3 Å². The highest BCUT2D eigenvalue weighted by molar-refractivity contribution is 6.10. The first-order valence-electron chi connectivity index (χ1n) is 6.73. The Kier molecular flexibility index (Phi) is 3.48. The van der Waals surface area contributed by atoms with Gasteiger partial charge in [0.1, 0.15) is 5.75 Å². The third-order valence-corrected chi connectivity index (χ3v) is 3.59. The molecule has 3 rings (SSSR count). The molecular weight excluding hydrogens is 268 g/mol. The summed E-state index contributed by atoms with van der Waals surface area (Å²) in [7, 11) is 3.02. The van der Waals surface area contributed by atoms with Gasteiger partial charge in [0.05, 0.1) is 43.4 Å². The first kappa shape index (κ1) is 13.4. The smallest absolute Gasteiger partial charge is 0.305 e. The molecular formula is C16H16N2O3. The lowest BCUT2D eigenvalue weighted by Crippen LogP contribution is -2.03. The molecule has 2 aromatic heterocycles. The molecule has 5 nitrogen and oxygen atoms in total. The standard InChI is InChI=1S/C16H16N2O3/c1-20-13-9-17-12(7-8-14(19)21-2)16-15(13)10-5-3-4-6-11(10)18-16/h3-6,9,18H,7-8H2,1-2H3. The average Bonchev–Trinajstić information content (AvgIpc) is 2.92. The van der Waals surface area contributed by atoms with Crippen molar-refractivity contribution in [1.82, 2.24) is 9.97 Å². The number of benzene rings is 1. The van der Waals surface area contributed by atoms with Crippen LogP contribution in [0.5, 0.6) is 5.75 Å². The van der Waals surface area contributed by atoms with Crippen molar-refractivity contribution in [2.24, 2.45) is 0 Å². The van der Waals surface area contributed by atoms with E-state index >= 15 is 0 Å². The van der Waals surface area contributed by atoms with Crippen LogP contribution in [-0.2, 0) is 16.0 Å². The highest BCUT2D eigenvalue weighted by atomic mass is 16.5. The molecule has 21 heavy (non-hydrogen) atoms. The number of methoxy groups -OCH3 is 2. The van der Waals surface area contributed by atoms with Gasteiger partial charge in [-0.3, -0.25) is 9.78 Å². The number of carbonyl (C=O) groups excluding carboxylic acids is 1. The fourth-order valence-corrected chi connectivity index (χ4v) is 2.55. The quantitative estimate of drug-likeness (QED) is 0.748. The van der Waals surface area contributed by atoms with Gasteiger partial charge in [0.25, 0.3) is 0 Å². The number of rotatable bonds is 4. The van der Waals surface area contributed by atoms with Gasteiger partial charge in [-0.25, -0.2) is 0 Å². The molecule has 1 N–H and O–H groups in total. The van der Waals surface area contributed by atoms with Crippen LogP contribution in [-0.4, -0.2) is 30.2 Å². The molecule has 0 aliphatic heterocycles. The van der Waals surface area contributed by atoms with Crippen molar-refractivity contribution in [3.05, 3.63) is 36.2 Å². The lowest BCUT2D eigenvalue weighted by molar-refractivity contribution is -0.140. The molecule has 0 aliphatic rings. The number of nitrogens with one attached hydrogen (secondary N) is 1. The third kappa shape index (κ3) is 2.31. The second-order valence-corrected chi connectivity index (χ2v) is 4.77. The number of aromatic nitrogens is 2. The van der Waals surface area contributed by atoms with Crippen LogP contribution in [0.15, 0.2) is 30.5 Å². The van der Waals surface area contributed by atoms with Crippen LogP contribution in [0.25, 0.3) is 21.8 Å². The number of fused-ring (bicyclic) bond motifs is 3. The summed E-state index contributed by atoms with van der Waals surface area (Å²) < 4.78 is 10.1. The molecule has 5 heteroatoms. The van der Waals surface area contributed by atoms with Crippen LogP contribution in [0.2, 0.25) is 0 Å². The van der Waals surface area contributed by atoms with E-state index in [1.54, 1.807) is 13.3 Å². The Morgan fingerprint density at radius 1 is 1.29 bits per heavy atom. The van der Waals surface area contributed by atoms with Crippen LogP contribution < -0.4 is 4.74 Å². The molecule has 0 saturated heterocycles. The molecule has 0 spiro atoms. The predicted octanol–water partition coefficient (Wildman–Crippen LogP) is 2.83. The van der Waals surface area contributed by atoms with Gasteiger partial charge in [-0.2, -0.15) is 0 Å². The normalized spacial score (nSPS) is 11.0. The van der Waals surface area contributed by atoms with Gasteiger partial charge < -0.3 is 14.5 Å². The maximum absolute atomic E-state index is 11.3. The van der Waals surface area contributed by atoms with Gasteiger partial charge in [-0.15, -0.1) is 0 Å². The lowest BCUT2D eigenvalue weighted by atomic mass is 10.1. The fourth-order valence-electron chi connectivity index (χ4n) is 2.55. The Hall–Kier alpha value is -2.56. The second kappa shape index (κ2) is 5.44. The van der Waals surface area contributed by atoms with Gasteiger partial charge >= 0.3 is 5.97 Å². The number of H-pyrrole nitrogens is 1.